The fraction of sp³-hybridized carbons (Fsp3) is 0.467. The van der Waals surface area contributed by atoms with Crippen molar-refractivity contribution in [1.29, 1.82) is 0 Å². The first-order chi connectivity index (χ1) is 9.95. The topological polar surface area (TPSA) is 78.4 Å². The molecule has 114 valence electrons. The number of urea groups is 1. The molecular weight excluding hydrogens is 292 g/mol. The molecule has 1 aliphatic rings. The number of hydrogen-bond donors (Lipinski definition) is 3. The molecule has 21 heavy (non-hydrogen) atoms. The van der Waals surface area contributed by atoms with Crippen LogP contribution in [-0.2, 0) is 0 Å². The molecule has 2 atom stereocenters. The summed E-state index contributed by atoms with van der Waals surface area (Å²) in [6.45, 7) is 2.87. The Kier molecular flexibility index (Phi) is 5.07. The van der Waals surface area contributed by atoms with Gasteiger partial charge in [0.2, 0.25) is 0 Å². The van der Waals surface area contributed by atoms with Crippen LogP contribution >= 0.6 is 11.6 Å². The fourth-order valence-electron chi connectivity index (χ4n) is 2.69. The molecule has 0 bridgehead atoms. The zero-order valence-corrected chi connectivity index (χ0v) is 12.6. The Labute approximate surface area is 128 Å². The van der Waals surface area contributed by atoms with E-state index in [1.165, 1.54) is 18.6 Å². The Morgan fingerprint density at radius 3 is 2.76 bits per heavy atom. The fourth-order valence-corrected chi connectivity index (χ4v) is 2.89. The molecule has 1 aromatic carbocycles. The number of rotatable bonds is 4. The monoisotopic (exact) mass is 310 g/mol. The van der Waals surface area contributed by atoms with Gasteiger partial charge in [-0.3, -0.25) is 0 Å². The van der Waals surface area contributed by atoms with Crippen molar-refractivity contribution >= 4 is 29.3 Å². The number of aromatic carboxylic acids is 1. The first kappa shape index (κ1) is 15.6. The number of nitrogens with one attached hydrogen (secondary N) is 2. The molecular formula is C15H19ClN2O3. The third-order valence-corrected chi connectivity index (χ3v) is 4.14. The van der Waals surface area contributed by atoms with Crippen molar-refractivity contribution in [2.45, 2.75) is 26.2 Å². The smallest absolute Gasteiger partial charge is 0.337 e. The lowest BCUT2D eigenvalue weighted by Crippen LogP contribution is -2.32. The highest BCUT2D eigenvalue weighted by Crippen LogP contribution is 2.29. The van der Waals surface area contributed by atoms with Crippen molar-refractivity contribution < 1.29 is 14.7 Å². The SMILES string of the molecule is CC1CCC(CNC(=O)Nc2ccc(Cl)c(C(=O)O)c2)C1. The van der Waals surface area contributed by atoms with E-state index < -0.39 is 5.97 Å². The largest absolute Gasteiger partial charge is 0.478 e. The Morgan fingerprint density at radius 1 is 1.38 bits per heavy atom. The van der Waals surface area contributed by atoms with E-state index in [0.29, 0.717) is 18.2 Å². The van der Waals surface area contributed by atoms with Gasteiger partial charge in [0.25, 0.3) is 0 Å². The molecule has 1 aliphatic carbocycles. The molecule has 0 saturated heterocycles. The minimum Gasteiger partial charge on any atom is -0.478 e. The van der Waals surface area contributed by atoms with E-state index in [4.69, 9.17) is 16.7 Å². The van der Waals surface area contributed by atoms with Gasteiger partial charge in [-0.1, -0.05) is 24.9 Å². The number of carboxylic acid groups (broad SMARTS) is 1. The summed E-state index contributed by atoms with van der Waals surface area (Å²) in [5, 5.41) is 14.6. The van der Waals surface area contributed by atoms with E-state index in [2.05, 4.69) is 17.6 Å². The standard InChI is InChI=1S/C15H19ClN2O3/c1-9-2-3-10(6-9)8-17-15(21)18-11-4-5-13(16)12(7-11)14(19)20/h4-5,7,9-10H,2-3,6,8H2,1H3,(H,19,20)(H2,17,18,21). The molecule has 1 aromatic rings. The Morgan fingerprint density at radius 2 is 2.14 bits per heavy atom. The second kappa shape index (κ2) is 6.80. The van der Waals surface area contributed by atoms with Crippen molar-refractivity contribution in [3.05, 3.63) is 28.8 Å². The summed E-state index contributed by atoms with van der Waals surface area (Å²) >= 11 is 5.78. The molecule has 5 nitrogen and oxygen atoms in total. The molecule has 0 spiro atoms. The predicted molar refractivity (Wildman–Crippen MR) is 81.9 cm³/mol. The first-order valence-electron chi connectivity index (χ1n) is 7.03. The first-order valence-corrected chi connectivity index (χ1v) is 7.41. The highest BCUT2D eigenvalue weighted by molar-refractivity contribution is 6.33. The highest BCUT2D eigenvalue weighted by atomic mass is 35.5. The van der Waals surface area contributed by atoms with E-state index in [9.17, 15) is 9.59 Å². The van der Waals surface area contributed by atoms with Gasteiger partial charge < -0.3 is 15.7 Å². The van der Waals surface area contributed by atoms with Gasteiger partial charge >= 0.3 is 12.0 Å². The van der Waals surface area contributed by atoms with Crippen LogP contribution in [0.25, 0.3) is 0 Å². The van der Waals surface area contributed by atoms with Gasteiger partial charge in [0.05, 0.1) is 10.6 Å². The van der Waals surface area contributed by atoms with Crippen LogP contribution in [0.4, 0.5) is 10.5 Å². The summed E-state index contributed by atoms with van der Waals surface area (Å²) in [6, 6.07) is 4.06. The van der Waals surface area contributed by atoms with Crippen LogP contribution in [-0.4, -0.2) is 23.7 Å². The van der Waals surface area contributed by atoms with Crippen LogP contribution in [0, 0.1) is 11.8 Å². The third kappa shape index (κ3) is 4.36. The van der Waals surface area contributed by atoms with E-state index in [-0.39, 0.29) is 16.6 Å². The summed E-state index contributed by atoms with van der Waals surface area (Å²) in [5.41, 5.74) is 0.383. The normalized spacial score (nSPS) is 21.0. The van der Waals surface area contributed by atoms with E-state index in [0.717, 1.165) is 18.8 Å². The van der Waals surface area contributed by atoms with Gasteiger partial charge in [-0.2, -0.15) is 0 Å². The second-order valence-corrected chi connectivity index (χ2v) is 6.03. The molecule has 2 unspecified atom stereocenters. The highest BCUT2D eigenvalue weighted by Gasteiger charge is 2.21. The maximum absolute atomic E-state index is 11.8. The average molecular weight is 311 g/mol. The summed E-state index contributed by atoms with van der Waals surface area (Å²) in [4.78, 5) is 22.8. The molecule has 0 heterocycles. The number of halogens is 1. The average Bonchev–Trinajstić information content (AvgIpc) is 2.84. The van der Waals surface area contributed by atoms with Crippen LogP contribution < -0.4 is 10.6 Å². The van der Waals surface area contributed by atoms with Crippen LogP contribution in [0.1, 0.15) is 36.5 Å². The molecule has 3 N–H and O–H groups in total. The lowest BCUT2D eigenvalue weighted by Gasteiger charge is -2.12. The van der Waals surface area contributed by atoms with Gasteiger partial charge in [0.1, 0.15) is 0 Å². The van der Waals surface area contributed by atoms with Gasteiger partial charge in [0.15, 0.2) is 0 Å². The third-order valence-electron chi connectivity index (χ3n) is 3.81. The Balaban J connectivity index is 1.87. The minimum absolute atomic E-state index is 0.0286. The van der Waals surface area contributed by atoms with Crippen molar-refractivity contribution in [3.63, 3.8) is 0 Å². The molecule has 2 rings (SSSR count). The van der Waals surface area contributed by atoms with E-state index >= 15 is 0 Å². The number of hydrogen-bond acceptors (Lipinski definition) is 2. The maximum atomic E-state index is 11.8. The zero-order valence-electron chi connectivity index (χ0n) is 11.9. The molecule has 0 radical (unpaired) electrons. The molecule has 2 amide bonds. The minimum atomic E-state index is -1.12. The Bertz CT molecular complexity index is 548. The summed E-state index contributed by atoms with van der Waals surface area (Å²) in [5.74, 6) is 0.142. The van der Waals surface area contributed by atoms with Crippen LogP contribution in [0.2, 0.25) is 5.02 Å². The lowest BCUT2D eigenvalue weighted by atomic mass is 10.1. The molecule has 1 fully saturated rings. The number of carbonyl (C=O) groups excluding carboxylic acids is 1. The maximum Gasteiger partial charge on any atom is 0.337 e. The molecule has 6 heteroatoms. The van der Waals surface area contributed by atoms with Gasteiger partial charge in [-0.15, -0.1) is 0 Å². The van der Waals surface area contributed by atoms with Gasteiger partial charge in [-0.25, -0.2) is 9.59 Å². The van der Waals surface area contributed by atoms with Crippen molar-refractivity contribution in [2.24, 2.45) is 11.8 Å². The predicted octanol–water partition coefficient (Wildman–Crippen LogP) is 3.60. The summed E-state index contributed by atoms with van der Waals surface area (Å²) in [7, 11) is 0. The number of carboxylic acids is 1. The van der Waals surface area contributed by atoms with Gasteiger partial charge in [0, 0.05) is 12.2 Å². The van der Waals surface area contributed by atoms with E-state index in [1.54, 1.807) is 6.07 Å². The van der Waals surface area contributed by atoms with Crippen LogP contribution in [0.15, 0.2) is 18.2 Å². The summed E-state index contributed by atoms with van der Waals surface area (Å²) in [6.07, 6.45) is 3.50. The number of benzene rings is 1. The molecule has 0 aromatic heterocycles. The van der Waals surface area contributed by atoms with Crippen molar-refractivity contribution in [2.75, 3.05) is 11.9 Å². The van der Waals surface area contributed by atoms with Gasteiger partial charge in [-0.05, 0) is 42.9 Å². The zero-order chi connectivity index (χ0) is 15.4. The van der Waals surface area contributed by atoms with Crippen molar-refractivity contribution in [1.82, 2.24) is 5.32 Å². The second-order valence-electron chi connectivity index (χ2n) is 5.62. The lowest BCUT2D eigenvalue weighted by molar-refractivity contribution is 0.0697. The quantitative estimate of drug-likeness (QED) is 0.795. The number of carbonyl (C=O) groups is 2. The van der Waals surface area contributed by atoms with Crippen molar-refractivity contribution in [3.8, 4) is 0 Å². The van der Waals surface area contributed by atoms with Crippen LogP contribution in [0.5, 0.6) is 0 Å². The van der Waals surface area contributed by atoms with E-state index in [1.807, 2.05) is 0 Å². The molecule has 1 saturated carbocycles. The van der Waals surface area contributed by atoms with Crippen LogP contribution in [0.3, 0.4) is 0 Å². The number of anilines is 1. The summed E-state index contributed by atoms with van der Waals surface area (Å²) < 4.78 is 0. The molecule has 0 aliphatic heterocycles. The Hall–Kier alpha value is -1.75. The number of amides is 2.